The fourth-order valence-corrected chi connectivity index (χ4v) is 4.43. The Morgan fingerprint density at radius 3 is 1.87 bits per heavy atom. The second-order valence-electron chi connectivity index (χ2n) is 8.98. The maximum absolute atomic E-state index is 12.1. The van der Waals surface area contributed by atoms with Crippen LogP contribution in [0.1, 0.15) is 33.5 Å². The second-order valence-corrected chi connectivity index (χ2v) is 8.98. The first-order valence-electron chi connectivity index (χ1n) is 12.5. The van der Waals surface area contributed by atoms with Gasteiger partial charge in [0, 0.05) is 0 Å². The highest BCUT2D eigenvalue weighted by molar-refractivity contribution is 5.88. The number of rotatable bonds is 12. The molecule has 0 aliphatic carbocycles. The molecule has 0 saturated carbocycles. The lowest BCUT2D eigenvalue weighted by atomic mass is 10.1. The predicted molar refractivity (Wildman–Crippen MR) is 139 cm³/mol. The Bertz CT molecular complexity index is 1290. The third-order valence-electron chi connectivity index (χ3n) is 6.28. The van der Waals surface area contributed by atoms with E-state index in [4.69, 9.17) is 24.7 Å². The molecule has 1 aromatic heterocycles. The van der Waals surface area contributed by atoms with Crippen LogP contribution in [0.3, 0.4) is 0 Å². The molecule has 4 atom stereocenters. The average molecular weight is 515 g/mol. The zero-order chi connectivity index (χ0) is 26.2. The van der Waals surface area contributed by atoms with Gasteiger partial charge in [0.05, 0.1) is 26.4 Å². The van der Waals surface area contributed by atoms with Crippen molar-refractivity contribution in [3.8, 4) is 0 Å². The standard InChI is InChI=1S/C29H30N4O5/c30-27(34)28-31-20-32-33(28)29-26(37-18-23-14-8-3-9-15-23)25(36-17-22-12-6-2-7-13-22)24(38-29)19-35-16-21-10-4-1-5-11-21/h1-15,20,24-26,29H,16-19H2,(H2,30,34)/t24-,25-,26+,29+/m1/s1. The van der Waals surface area contributed by atoms with Crippen molar-refractivity contribution in [1.29, 1.82) is 0 Å². The molecule has 1 saturated heterocycles. The molecule has 4 aromatic rings. The molecule has 9 nitrogen and oxygen atoms in total. The zero-order valence-electron chi connectivity index (χ0n) is 20.8. The fourth-order valence-electron chi connectivity index (χ4n) is 4.43. The van der Waals surface area contributed by atoms with Crippen molar-refractivity contribution in [3.05, 3.63) is 120 Å². The summed E-state index contributed by atoms with van der Waals surface area (Å²) in [6, 6.07) is 29.6. The number of hydrogen-bond acceptors (Lipinski definition) is 7. The Morgan fingerprint density at radius 2 is 1.32 bits per heavy atom. The Morgan fingerprint density at radius 1 is 0.789 bits per heavy atom. The summed E-state index contributed by atoms with van der Waals surface area (Å²) in [6.07, 6.45) is -1.17. The molecule has 2 N–H and O–H groups in total. The first-order chi connectivity index (χ1) is 18.7. The Labute approximate surface area is 221 Å². The SMILES string of the molecule is NC(=O)c1ncnn1[C@H]1O[C@H](COCc2ccccc2)[C@@H](OCc2ccccc2)[C@@H]1OCc1ccccc1. The quantitative estimate of drug-likeness (QED) is 0.307. The van der Waals surface area contributed by atoms with Crippen LogP contribution in [0.2, 0.25) is 0 Å². The monoisotopic (exact) mass is 514 g/mol. The van der Waals surface area contributed by atoms with Gasteiger partial charge < -0.3 is 24.7 Å². The molecular formula is C29H30N4O5. The van der Waals surface area contributed by atoms with Crippen LogP contribution < -0.4 is 5.73 Å². The summed E-state index contributed by atoms with van der Waals surface area (Å²) in [5.41, 5.74) is 8.63. The molecule has 1 aliphatic heterocycles. The van der Waals surface area contributed by atoms with Gasteiger partial charge >= 0.3 is 0 Å². The number of benzene rings is 3. The van der Waals surface area contributed by atoms with Crippen LogP contribution in [-0.2, 0) is 38.8 Å². The molecule has 3 aromatic carbocycles. The summed E-state index contributed by atoms with van der Waals surface area (Å²) in [6.45, 7) is 1.33. The van der Waals surface area contributed by atoms with Crippen LogP contribution >= 0.6 is 0 Å². The first kappa shape index (κ1) is 25.7. The van der Waals surface area contributed by atoms with Crippen molar-refractivity contribution in [2.45, 2.75) is 44.4 Å². The lowest BCUT2D eigenvalue weighted by molar-refractivity contribution is -0.0936. The molecule has 1 fully saturated rings. The fraction of sp³-hybridized carbons (Fsp3) is 0.276. The molecule has 196 valence electrons. The largest absolute Gasteiger partial charge is 0.374 e. The molecule has 1 amide bonds. The molecule has 9 heteroatoms. The van der Waals surface area contributed by atoms with Crippen molar-refractivity contribution in [2.75, 3.05) is 6.61 Å². The van der Waals surface area contributed by atoms with Gasteiger partial charge in [0.1, 0.15) is 24.6 Å². The minimum absolute atomic E-state index is 0.0176. The summed E-state index contributed by atoms with van der Waals surface area (Å²) in [4.78, 5) is 16.1. The lowest BCUT2D eigenvalue weighted by Gasteiger charge is -2.25. The molecule has 5 rings (SSSR count). The van der Waals surface area contributed by atoms with E-state index >= 15 is 0 Å². The van der Waals surface area contributed by atoms with Gasteiger partial charge in [-0.05, 0) is 16.7 Å². The highest BCUT2D eigenvalue weighted by Crippen LogP contribution is 2.35. The lowest BCUT2D eigenvalue weighted by Crippen LogP contribution is -2.39. The van der Waals surface area contributed by atoms with E-state index in [-0.39, 0.29) is 12.4 Å². The van der Waals surface area contributed by atoms with Crippen LogP contribution in [0.25, 0.3) is 0 Å². The van der Waals surface area contributed by atoms with Crippen molar-refractivity contribution >= 4 is 5.91 Å². The van der Waals surface area contributed by atoms with Gasteiger partial charge in [0.15, 0.2) is 6.23 Å². The Kier molecular flexibility index (Phi) is 8.52. The van der Waals surface area contributed by atoms with Crippen molar-refractivity contribution in [3.63, 3.8) is 0 Å². The van der Waals surface area contributed by atoms with Gasteiger partial charge in [-0.3, -0.25) is 4.79 Å². The maximum Gasteiger partial charge on any atom is 0.286 e. The number of primary amides is 1. The average Bonchev–Trinajstić information content (AvgIpc) is 3.57. The van der Waals surface area contributed by atoms with Crippen molar-refractivity contribution in [1.82, 2.24) is 14.8 Å². The number of ether oxygens (including phenoxy) is 4. The number of nitrogens with zero attached hydrogens (tertiary/aromatic N) is 3. The smallest absolute Gasteiger partial charge is 0.286 e. The van der Waals surface area contributed by atoms with Crippen LogP contribution in [-0.4, -0.2) is 45.6 Å². The molecule has 0 unspecified atom stereocenters. The van der Waals surface area contributed by atoms with Gasteiger partial charge in [-0.1, -0.05) is 91.0 Å². The number of carbonyl (C=O) groups excluding carboxylic acids is 1. The predicted octanol–water partition coefficient (Wildman–Crippen LogP) is 3.66. The number of nitrogens with two attached hydrogens (primary N) is 1. The van der Waals surface area contributed by atoms with Gasteiger partial charge in [-0.2, -0.15) is 5.10 Å². The summed E-state index contributed by atoms with van der Waals surface area (Å²) in [5.74, 6) is -0.727. The van der Waals surface area contributed by atoms with E-state index in [0.29, 0.717) is 19.8 Å². The number of amides is 1. The molecule has 0 bridgehead atoms. The summed E-state index contributed by atoms with van der Waals surface area (Å²) in [7, 11) is 0. The minimum atomic E-state index is -0.796. The van der Waals surface area contributed by atoms with Crippen molar-refractivity contribution < 1.29 is 23.7 Å². The molecule has 1 aliphatic rings. The van der Waals surface area contributed by atoms with Gasteiger partial charge in [0.25, 0.3) is 5.91 Å². The molecule has 2 heterocycles. The van der Waals surface area contributed by atoms with Gasteiger partial charge in [0.2, 0.25) is 5.82 Å². The topological polar surface area (TPSA) is 111 Å². The van der Waals surface area contributed by atoms with Crippen molar-refractivity contribution in [2.24, 2.45) is 5.73 Å². The van der Waals surface area contributed by atoms with E-state index < -0.39 is 30.4 Å². The minimum Gasteiger partial charge on any atom is -0.374 e. The summed E-state index contributed by atoms with van der Waals surface area (Å²) < 4.78 is 26.7. The van der Waals surface area contributed by atoms with E-state index in [1.807, 2.05) is 91.0 Å². The molecule has 0 radical (unpaired) electrons. The van der Waals surface area contributed by atoms with E-state index in [1.54, 1.807) is 0 Å². The van der Waals surface area contributed by atoms with Crippen LogP contribution in [0.15, 0.2) is 97.3 Å². The summed E-state index contributed by atoms with van der Waals surface area (Å²) >= 11 is 0. The third kappa shape index (κ3) is 6.32. The zero-order valence-corrected chi connectivity index (χ0v) is 20.8. The van der Waals surface area contributed by atoms with Crippen LogP contribution in [0.5, 0.6) is 0 Å². The maximum atomic E-state index is 12.1. The third-order valence-corrected chi connectivity index (χ3v) is 6.28. The second kappa shape index (κ2) is 12.6. The highest BCUT2D eigenvalue weighted by atomic mass is 16.6. The van der Waals surface area contributed by atoms with E-state index in [1.165, 1.54) is 11.0 Å². The van der Waals surface area contributed by atoms with E-state index in [0.717, 1.165) is 16.7 Å². The molecular weight excluding hydrogens is 484 g/mol. The normalized spacial score (nSPS) is 20.9. The van der Waals surface area contributed by atoms with Crippen LogP contribution in [0, 0.1) is 0 Å². The summed E-state index contributed by atoms with van der Waals surface area (Å²) in [5, 5.41) is 4.24. The van der Waals surface area contributed by atoms with Gasteiger partial charge in [-0.15, -0.1) is 0 Å². The number of aromatic nitrogens is 3. The number of hydrogen-bond donors (Lipinski definition) is 1. The Balaban J connectivity index is 1.40. The van der Waals surface area contributed by atoms with E-state index in [9.17, 15) is 4.79 Å². The Hall–Kier alpha value is -3.89. The van der Waals surface area contributed by atoms with E-state index in [2.05, 4.69) is 10.1 Å². The van der Waals surface area contributed by atoms with Crippen LogP contribution in [0.4, 0.5) is 0 Å². The van der Waals surface area contributed by atoms with Gasteiger partial charge in [-0.25, -0.2) is 9.67 Å². The number of carbonyl (C=O) groups is 1. The highest BCUT2D eigenvalue weighted by Gasteiger charge is 2.49. The first-order valence-corrected chi connectivity index (χ1v) is 12.5. The molecule has 38 heavy (non-hydrogen) atoms. The molecule has 0 spiro atoms.